The Morgan fingerprint density at radius 1 is 1.31 bits per heavy atom. The highest BCUT2D eigenvalue weighted by atomic mass is 127. The van der Waals surface area contributed by atoms with Gasteiger partial charge in [0.05, 0.1) is 15.9 Å². The molecule has 1 aromatic carbocycles. The average molecular weight is 354 g/mol. The first-order valence-electron chi connectivity index (χ1n) is 5.13. The van der Waals surface area contributed by atoms with E-state index in [1.807, 2.05) is 24.3 Å². The normalized spacial score (nSPS) is 11.4. The van der Waals surface area contributed by atoms with Gasteiger partial charge in [-0.1, -0.05) is 19.1 Å². The highest BCUT2D eigenvalue weighted by Crippen LogP contribution is 2.19. The van der Waals surface area contributed by atoms with Crippen LogP contribution in [0.5, 0.6) is 5.75 Å². The fraction of sp³-hybridized carbons (Fsp3) is 0.455. The van der Waals surface area contributed by atoms with Crippen LogP contribution in [0.1, 0.15) is 13.3 Å². The second-order valence-electron chi connectivity index (χ2n) is 3.37. The molecule has 0 spiro atoms. The van der Waals surface area contributed by atoms with Crippen LogP contribution in [0.2, 0.25) is 0 Å². The molecule has 0 bridgehead atoms. The second-order valence-corrected chi connectivity index (χ2v) is 7.00. The predicted octanol–water partition coefficient (Wildman–Crippen LogP) is 2.49. The van der Waals surface area contributed by atoms with Crippen LogP contribution < -0.4 is 4.74 Å². The Hall–Kier alpha value is -0.300. The third-order valence-electron chi connectivity index (χ3n) is 2.13. The fourth-order valence-corrected chi connectivity index (χ4v) is 2.56. The SMILES string of the molecule is CCS(=O)(=O)CCCOc1ccccc1I. The molecule has 0 aliphatic heterocycles. The summed E-state index contributed by atoms with van der Waals surface area (Å²) in [5, 5.41) is 0. The summed E-state index contributed by atoms with van der Waals surface area (Å²) in [5.41, 5.74) is 0. The topological polar surface area (TPSA) is 43.4 Å². The monoisotopic (exact) mass is 354 g/mol. The van der Waals surface area contributed by atoms with E-state index in [0.29, 0.717) is 13.0 Å². The first-order chi connectivity index (χ1) is 7.55. The van der Waals surface area contributed by atoms with E-state index in [-0.39, 0.29) is 11.5 Å². The van der Waals surface area contributed by atoms with E-state index in [1.54, 1.807) is 6.92 Å². The molecule has 0 aliphatic carbocycles. The maximum atomic E-state index is 11.2. The van der Waals surface area contributed by atoms with Crippen LogP contribution in [0, 0.1) is 3.57 Å². The van der Waals surface area contributed by atoms with Gasteiger partial charge >= 0.3 is 0 Å². The highest BCUT2D eigenvalue weighted by molar-refractivity contribution is 14.1. The van der Waals surface area contributed by atoms with Gasteiger partial charge in [-0.25, -0.2) is 8.42 Å². The van der Waals surface area contributed by atoms with Crippen molar-refractivity contribution in [3.8, 4) is 5.75 Å². The molecular formula is C11H15IO3S. The fourth-order valence-electron chi connectivity index (χ4n) is 1.17. The first-order valence-corrected chi connectivity index (χ1v) is 8.03. The quantitative estimate of drug-likeness (QED) is 0.582. The summed E-state index contributed by atoms with van der Waals surface area (Å²) in [6.45, 7) is 2.11. The van der Waals surface area contributed by atoms with Crippen LogP contribution in [-0.2, 0) is 9.84 Å². The van der Waals surface area contributed by atoms with Crippen molar-refractivity contribution in [1.29, 1.82) is 0 Å². The van der Waals surface area contributed by atoms with Gasteiger partial charge in [0.1, 0.15) is 15.6 Å². The van der Waals surface area contributed by atoms with Gasteiger partial charge in [-0.3, -0.25) is 0 Å². The Labute approximate surface area is 110 Å². The third kappa shape index (κ3) is 4.69. The lowest BCUT2D eigenvalue weighted by molar-refractivity contribution is 0.315. The van der Waals surface area contributed by atoms with Crippen LogP contribution in [0.25, 0.3) is 0 Å². The molecule has 1 rings (SSSR count). The standard InChI is InChI=1S/C11H15IO3S/c1-2-16(13,14)9-5-8-15-11-7-4-3-6-10(11)12/h3-4,6-7H,2,5,8-9H2,1H3. The third-order valence-corrected chi connectivity index (χ3v) is 4.82. The van der Waals surface area contributed by atoms with Crippen molar-refractivity contribution in [3.05, 3.63) is 27.8 Å². The summed E-state index contributed by atoms with van der Waals surface area (Å²) < 4.78 is 29.0. The summed E-state index contributed by atoms with van der Waals surface area (Å²) in [6, 6.07) is 7.69. The lowest BCUT2D eigenvalue weighted by atomic mass is 10.3. The minimum absolute atomic E-state index is 0.201. The molecule has 90 valence electrons. The maximum absolute atomic E-state index is 11.2. The molecule has 16 heavy (non-hydrogen) atoms. The van der Waals surface area contributed by atoms with Crippen LogP contribution in [0.15, 0.2) is 24.3 Å². The summed E-state index contributed by atoms with van der Waals surface area (Å²) in [4.78, 5) is 0. The zero-order valence-electron chi connectivity index (χ0n) is 9.15. The number of para-hydroxylation sites is 1. The molecule has 0 amide bonds. The average Bonchev–Trinajstić information content (AvgIpc) is 2.27. The number of rotatable bonds is 6. The maximum Gasteiger partial charge on any atom is 0.150 e. The Bertz CT molecular complexity index is 429. The van der Waals surface area contributed by atoms with E-state index < -0.39 is 9.84 Å². The molecule has 0 aromatic heterocycles. The van der Waals surface area contributed by atoms with Gasteiger partial charge in [0.2, 0.25) is 0 Å². The molecule has 0 radical (unpaired) electrons. The van der Waals surface area contributed by atoms with Crippen molar-refractivity contribution in [2.24, 2.45) is 0 Å². The first kappa shape index (κ1) is 13.8. The van der Waals surface area contributed by atoms with Crippen molar-refractivity contribution in [1.82, 2.24) is 0 Å². The number of halogens is 1. The molecule has 5 heteroatoms. The van der Waals surface area contributed by atoms with Gasteiger partial charge in [-0.15, -0.1) is 0 Å². The highest BCUT2D eigenvalue weighted by Gasteiger charge is 2.07. The zero-order valence-corrected chi connectivity index (χ0v) is 12.1. The van der Waals surface area contributed by atoms with E-state index in [9.17, 15) is 8.42 Å². The molecule has 0 saturated heterocycles. The number of ether oxygens (including phenoxy) is 1. The summed E-state index contributed by atoms with van der Waals surface area (Å²) in [5.74, 6) is 1.22. The van der Waals surface area contributed by atoms with Crippen LogP contribution in [0.3, 0.4) is 0 Å². The van der Waals surface area contributed by atoms with Gasteiger partial charge in [-0.2, -0.15) is 0 Å². The second kappa shape index (κ2) is 6.44. The Kier molecular flexibility index (Phi) is 5.54. The van der Waals surface area contributed by atoms with E-state index >= 15 is 0 Å². The summed E-state index contributed by atoms with van der Waals surface area (Å²) in [7, 11) is -2.87. The summed E-state index contributed by atoms with van der Waals surface area (Å²) in [6.07, 6.45) is 0.543. The number of hydrogen-bond acceptors (Lipinski definition) is 3. The molecule has 0 N–H and O–H groups in total. The lowest BCUT2D eigenvalue weighted by Crippen LogP contribution is -2.12. The summed E-state index contributed by atoms with van der Waals surface area (Å²) >= 11 is 2.19. The molecular weight excluding hydrogens is 339 g/mol. The lowest BCUT2D eigenvalue weighted by Gasteiger charge is -2.07. The molecule has 0 heterocycles. The van der Waals surface area contributed by atoms with Crippen LogP contribution in [-0.4, -0.2) is 26.5 Å². The van der Waals surface area contributed by atoms with Crippen molar-refractivity contribution in [2.75, 3.05) is 18.1 Å². The van der Waals surface area contributed by atoms with E-state index in [4.69, 9.17) is 4.74 Å². The van der Waals surface area contributed by atoms with Crippen molar-refractivity contribution in [2.45, 2.75) is 13.3 Å². The van der Waals surface area contributed by atoms with E-state index in [1.165, 1.54) is 0 Å². The van der Waals surface area contributed by atoms with Gasteiger partial charge in [0.15, 0.2) is 0 Å². The van der Waals surface area contributed by atoms with Crippen LogP contribution in [0.4, 0.5) is 0 Å². The molecule has 3 nitrogen and oxygen atoms in total. The van der Waals surface area contributed by atoms with Crippen molar-refractivity contribution in [3.63, 3.8) is 0 Å². The molecule has 0 unspecified atom stereocenters. The van der Waals surface area contributed by atoms with Crippen molar-refractivity contribution >= 4 is 32.4 Å². The molecule has 1 aromatic rings. The largest absolute Gasteiger partial charge is 0.492 e. The van der Waals surface area contributed by atoms with Crippen molar-refractivity contribution < 1.29 is 13.2 Å². The Balaban J connectivity index is 2.35. The smallest absolute Gasteiger partial charge is 0.150 e. The minimum atomic E-state index is -2.87. The molecule has 0 saturated carbocycles. The van der Waals surface area contributed by atoms with Gasteiger partial charge in [0, 0.05) is 5.75 Å². The molecule has 0 fully saturated rings. The van der Waals surface area contributed by atoms with Crippen LogP contribution >= 0.6 is 22.6 Å². The molecule has 0 atom stereocenters. The predicted molar refractivity (Wildman–Crippen MR) is 73.6 cm³/mol. The van der Waals surface area contributed by atoms with Gasteiger partial charge in [0.25, 0.3) is 0 Å². The van der Waals surface area contributed by atoms with Gasteiger partial charge in [-0.05, 0) is 41.1 Å². The Morgan fingerprint density at radius 3 is 2.62 bits per heavy atom. The number of sulfone groups is 1. The number of benzene rings is 1. The van der Waals surface area contributed by atoms with E-state index in [0.717, 1.165) is 9.32 Å². The minimum Gasteiger partial charge on any atom is -0.492 e. The van der Waals surface area contributed by atoms with E-state index in [2.05, 4.69) is 22.6 Å². The Morgan fingerprint density at radius 2 is 2.00 bits per heavy atom. The molecule has 0 aliphatic rings. The van der Waals surface area contributed by atoms with Gasteiger partial charge < -0.3 is 4.74 Å². The number of hydrogen-bond donors (Lipinski definition) is 0. The zero-order chi connectivity index (χ0) is 12.0.